The molecule has 0 nitrogen and oxygen atoms in total. The predicted molar refractivity (Wildman–Crippen MR) is 94.9 cm³/mol. The van der Waals surface area contributed by atoms with Gasteiger partial charge < -0.3 is 0 Å². The van der Waals surface area contributed by atoms with Gasteiger partial charge in [-0.1, -0.05) is 41.0 Å². The first-order valence-corrected chi connectivity index (χ1v) is 10.5. The second kappa shape index (κ2) is 9.32. The zero-order valence-electron chi connectivity index (χ0n) is 14.0. The summed E-state index contributed by atoms with van der Waals surface area (Å²) in [5.74, 6) is 0. The van der Waals surface area contributed by atoms with E-state index in [0.29, 0.717) is 0 Å². The van der Waals surface area contributed by atoms with Gasteiger partial charge in [0, 0.05) is 27.3 Å². The molecule has 0 radical (unpaired) electrons. The Morgan fingerprint density at radius 2 is 1.58 bits per heavy atom. The van der Waals surface area contributed by atoms with Crippen LogP contribution in [0.15, 0.2) is 47.1 Å². The number of allylic oxidation sites excluding steroid dienone is 8. The average Bonchev–Trinajstić information content (AvgIpc) is 2.25. The van der Waals surface area contributed by atoms with E-state index in [1.165, 1.54) is 22.9 Å². The van der Waals surface area contributed by atoms with Crippen LogP contribution in [0, 0.1) is 0 Å². The molecule has 0 bridgehead atoms. The van der Waals surface area contributed by atoms with Crippen LogP contribution in [0.5, 0.6) is 0 Å². The van der Waals surface area contributed by atoms with Crippen molar-refractivity contribution in [2.75, 3.05) is 26.2 Å². The lowest BCUT2D eigenvalue weighted by molar-refractivity contribution is 0.967. The Kier molecular flexibility index (Phi) is 9.02. The largest absolute Gasteiger partial charge is 0.0856 e. The molecule has 0 aromatic carbocycles. The van der Waals surface area contributed by atoms with Gasteiger partial charge in [0.1, 0.15) is 0 Å². The third-order valence-corrected chi connectivity index (χ3v) is 4.07. The molecule has 0 fully saturated rings. The van der Waals surface area contributed by atoms with Crippen LogP contribution in [-0.2, 0) is 0 Å². The summed E-state index contributed by atoms with van der Waals surface area (Å²) in [5, 5.41) is 0. The molecule has 0 unspecified atom stereocenters. The van der Waals surface area contributed by atoms with Gasteiger partial charge in [0.15, 0.2) is 0 Å². The summed E-state index contributed by atoms with van der Waals surface area (Å²) >= 11 is 0. The van der Waals surface area contributed by atoms with Gasteiger partial charge in [-0.25, -0.2) is 0 Å². The van der Waals surface area contributed by atoms with Crippen LogP contribution in [0.1, 0.15) is 40.5 Å². The van der Waals surface area contributed by atoms with E-state index in [0.717, 1.165) is 12.8 Å². The fourth-order valence-corrected chi connectivity index (χ4v) is 2.36. The molecule has 0 aliphatic carbocycles. The number of hydrogen-bond donors (Lipinski definition) is 0. The van der Waals surface area contributed by atoms with E-state index >= 15 is 0 Å². The van der Waals surface area contributed by atoms with Gasteiger partial charge in [-0.05, 0) is 46.6 Å². The SMILES string of the molecule is CC(C)=CCC/C(C)=C/C=C/C(C)=C/C[P+](C)(C)C. The molecule has 0 aliphatic rings. The van der Waals surface area contributed by atoms with Crippen molar-refractivity contribution >= 4 is 7.26 Å². The summed E-state index contributed by atoms with van der Waals surface area (Å²) in [6.45, 7) is 15.9. The minimum atomic E-state index is -0.677. The van der Waals surface area contributed by atoms with Crippen molar-refractivity contribution in [3.63, 3.8) is 0 Å². The third kappa shape index (κ3) is 13.6. The molecule has 108 valence electrons. The maximum absolute atomic E-state index is 2.38. The summed E-state index contributed by atoms with van der Waals surface area (Å²) in [6, 6.07) is 0. The molecule has 0 saturated heterocycles. The minimum Gasteiger partial charge on any atom is -0.0856 e. The summed E-state index contributed by atoms with van der Waals surface area (Å²) in [6.07, 6.45) is 14.9. The van der Waals surface area contributed by atoms with Crippen LogP contribution in [0.2, 0.25) is 0 Å². The van der Waals surface area contributed by atoms with Crippen molar-refractivity contribution in [3.8, 4) is 0 Å². The van der Waals surface area contributed by atoms with Gasteiger partial charge in [0.05, 0.1) is 6.16 Å². The van der Waals surface area contributed by atoms with E-state index in [9.17, 15) is 0 Å². The van der Waals surface area contributed by atoms with Crippen molar-refractivity contribution in [2.45, 2.75) is 40.5 Å². The Labute approximate surface area is 121 Å². The number of hydrogen-bond acceptors (Lipinski definition) is 0. The monoisotopic (exact) mass is 279 g/mol. The highest BCUT2D eigenvalue weighted by molar-refractivity contribution is 7.73. The van der Waals surface area contributed by atoms with E-state index in [1.807, 2.05) is 0 Å². The highest BCUT2D eigenvalue weighted by atomic mass is 31.2. The van der Waals surface area contributed by atoms with Gasteiger partial charge in [0.25, 0.3) is 0 Å². The summed E-state index contributed by atoms with van der Waals surface area (Å²) in [7, 11) is -0.677. The van der Waals surface area contributed by atoms with E-state index in [4.69, 9.17) is 0 Å². The van der Waals surface area contributed by atoms with E-state index in [1.54, 1.807) is 0 Å². The van der Waals surface area contributed by atoms with Crippen LogP contribution in [-0.4, -0.2) is 26.2 Å². The molecule has 0 aromatic heterocycles. The Morgan fingerprint density at radius 3 is 2.11 bits per heavy atom. The van der Waals surface area contributed by atoms with E-state index in [2.05, 4.69) is 78.1 Å². The molecule has 0 N–H and O–H groups in total. The third-order valence-electron chi connectivity index (χ3n) is 2.79. The van der Waals surface area contributed by atoms with Crippen molar-refractivity contribution in [3.05, 3.63) is 47.1 Å². The predicted octanol–water partition coefficient (Wildman–Crippen LogP) is 6.09. The van der Waals surface area contributed by atoms with Gasteiger partial charge in [-0.3, -0.25) is 0 Å². The van der Waals surface area contributed by atoms with Crippen LogP contribution in [0.25, 0.3) is 0 Å². The van der Waals surface area contributed by atoms with Crippen LogP contribution in [0.3, 0.4) is 0 Å². The molecule has 19 heavy (non-hydrogen) atoms. The second-order valence-electron chi connectivity index (χ2n) is 6.61. The highest BCUT2D eigenvalue weighted by Gasteiger charge is 2.13. The van der Waals surface area contributed by atoms with Crippen molar-refractivity contribution < 1.29 is 0 Å². The lowest BCUT2D eigenvalue weighted by Crippen LogP contribution is -1.89. The Bertz CT molecular complexity index is 369. The molecular weight excluding hydrogens is 247 g/mol. The molecular formula is C18H32P+. The highest BCUT2D eigenvalue weighted by Crippen LogP contribution is 2.46. The van der Waals surface area contributed by atoms with Gasteiger partial charge in [0.2, 0.25) is 0 Å². The van der Waals surface area contributed by atoms with Gasteiger partial charge in [-0.2, -0.15) is 0 Å². The number of rotatable bonds is 7. The van der Waals surface area contributed by atoms with Gasteiger partial charge in [-0.15, -0.1) is 0 Å². The lowest BCUT2D eigenvalue weighted by atomic mass is 10.1. The first-order chi connectivity index (χ1) is 8.70. The second-order valence-corrected chi connectivity index (χ2v) is 11.6. The van der Waals surface area contributed by atoms with Crippen molar-refractivity contribution in [1.82, 2.24) is 0 Å². The lowest BCUT2D eigenvalue weighted by Gasteiger charge is -2.08. The normalized spacial score (nSPS) is 14.1. The van der Waals surface area contributed by atoms with Crippen LogP contribution >= 0.6 is 7.26 Å². The Morgan fingerprint density at radius 1 is 0.947 bits per heavy atom. The molecule has 0 spiro atoms. The zero-order valence-corrected chi connectivity index (χ0v) is 14.8. The molecule has 1 heteroatoms. The fraction of sp³-hybridized carbons (Fsp3) is 0.556. The molecule has 0 heterocycles. The smallest absolute Gasteiger partial charge is 0.0771 e. The van der Waals surface area contributed by atoms with Crippen molar-refractivity contribution in [1.29, 1.82) is 0 Å². The first kappa shape index (κ1) is 18.4. The van der Waals surface area contributed by atoms with Crippen LogP contribution in [0.4, 0.5) is 0 Å². The summed E-state index contributed by atoms with van der Waals surface area (Å²) in [4.78, 5) is 0. The molecule has 0 saturated carbocycles. The summed E-state index contributed by atoms with van der Waals surface area (Å²) < 4.78 is 0. The molecule has 0 amide bonds. The van der Waals surface area contributed by atoms with E-state index in [-0.39, 0.29) is 0 Å². The maximum atomic E-state index is 2.38. The average molecular weight is 279 g/mol. The zero-order chi connectivity index (χ0) is 14.9. The Balaban J connectivity index is 4.22. The first-order valence-electron chi connectivity index (χ1n) is 7.15. The molecule has 0 rings (SSSR count). The van der Waals surface area contributed by atoms with Crippen molar-refractivity contribution in [2.24, 2.45) is 0 Å². The van der Waals surface area contributed by atoms with Crippen LogP contribution < -0.4 is 0 Å². The fourth-order valence-electron chi connectivity index (χ4n) is 1.52. The quantitative estimate of drug-likeness (QED) is 0.300. The van der Waals surface area contributed by atoms with E-state index < -0.39 is 7.26 Å². The molecule has 0 aliphatic heterocycles. The summed E-state index contributed by atoms with van der Waals surface area (Å²) in [5.41, 5.74) is 4.24. The topological polar surface area (TPSA) is 0 Å². The molecule has 0 atom stereocenters. The van der Waals surface area contributed by atoms with Gasteiger partial charge >= 0.3 is 0 Å². The molecule has 0 aromatic rings. The minimum absolute atomic E-state index is 0.677. The maximum Gasteiger partial charge on any atom is 0.0771 e. The Hall–Kier alpha value is -0.610. The standard InChI is InChI=1S/C18H32P/c1-16(2)10-8-11-17(3)12-9-13-18(4)14-15-19(5,6)7/h9-10,12-14H,8,11,15H2,1-7H3/q+1/b13-9+,17-12+,18-14+.